The van der Waals surface area contributed by atoms with Crippen molar-refractivity contribution in [2.45, 2.75) is 38.0 Å². The first-order chi connectivity index (χ1) is 6.27. The lowest BCUT2D eigenvalue weighted by Crippen LogP contribution is -2.48. The summed E-state index contributed by atoms with van der Waals surface area (Å²) in [7, 11) is 0. The molecule has 3 nitrogen and oxygen atoms in total. The maximum absolute atomic E-state index is 9.37. The van der Waals surface area contributed by atoms with Gasteiger partial charge in [-0.15, -0.1) is 0 Å². The summed E-state index contributed by atoms with van der Waals surface area (Å²) in [5.41, 5.74) is 1.14. The second-order valence-electron chi connectivity index (χ2n) is 3.70. The minimum Gasteiger partial charge on any atom is -0.472 e. The third-order valence-electron chi connectivity index (χ3n) is 2.75. The average molecular weight is 181 g/mol. The van der Waals surface area contributed by atoms with Crippen molar-refractivity contribution in [1.82, 2.24) is 5.32 Å². The molecule has 72 valence electrons. The highest BCUT2D eigenvalue weighted by molar-refractivity contribution is 5.11. The van der Waals surface area contributed by atoms with E-state index >= 15 is 0 Å². The van der Waals surface area contributed by atoms with Crippen LogP contribution in [0.5, 0.6) is 0 Å². The van der Waals surface area contributed by atoms with Gasteiger partial charge in [-0.05, 0) is 25.8 Å². The first-order valence-electron chi connectivity index (χ1n) is 4.73. The number of furan rings is 1. The Balaban J connectivity index is 1.88. The fourth-order valence-corrected chi connectivity index (χ4v) is 1.62. The SMILES string of the molecule is CC(N[C@@H]1CC[C@H]1O)c1ccoc1. The highest BCUT2D eigenvalue weighted by Crippen LogP contribution is 2.23. The first kappa shape index (κ1) is 8.78. The number of hydrogen-bond acceptors (Lipinski definition) is 3. The van der Waals surface area contributed by atoms with E-state index in [1.165, 1.54) is 0 Å². The Morgan fingerprint density at radius 1 is 1.62 bits per heavy atom. The quantitative estimate of drug-likeness (QED) is 0.742. The van der Waals surface area contributed by atoms with Crippen molar-refractivity contribution in [3.63, 3.8) is 0 Å². The predicted molar refractivity (Wildman–Crippen MR) is 49.3 cm³/mol. The summed E-state index contributed by atoms with van der Waals surface area (Å²) in [5, 5.41) is 12.7. The van der Waals surface area contributed by atoms with Crippen molar-refractivity contribution in [2.75, 3.05) is 0 Å². The molecule has 1 aromatic heterocycles. The summed E-state index contributed by atoms with van der Waals surface area (Å²) in [6.45, 7) is 2.08. The highest BCUT2D eigenvalue weighted by Gasteiger charge is 2.29. The molecule has 0 amide bonds. The molecule has 0 bridgehead atoms. The number of rotatable bonds is 3. The maximum Gasteiger partial charge on any atom is 0.0950 e. The van der Waals surface area contributed by atoms with Gasteiger partial charge in [0.05, 0.1) is 18.6 Å². The summed E-state index contributed by atoms with van der Waals surface area (Å²) in [5.74, 6) is 0. The molecule has 1 saturated carbocycles. The van der Waals surface area contributed by atoms with E-state index in [4.69, 9.17) is 4.42 Å². The third-order valence-corrected chi connectivity index (χ3v) is 2.75. The second kappa shape index (κ2) is 3.52. The molecule has 1 aliphatic rings. The second-order valence-corrected chi connectivity index (χ2v) is 3.70. The fourth-order valence-electron chi connectivity index (χ4n) is 1.62. The number of aliphatic hydroxyl groups is 1. The summed E-state index contributed by atoms with van der Waals surface area (Å²) in [6, 6.07) is 2.48. The Kier molecular flexibility index (Phi) is 2.38. The van der Waals surface area contributed by atoms with Crippen molar-refractivity contribution in [3.8, 4) is 0 Å². The molecule has 3 atom stereocenters. The van der Waals surface area contributed by atoms with E-state index in [9.17, 15) is 5.11 Å². The molecule has 3 heteroatoms. The van der Waals surface area contributed by atoms with Crippen LogP contribution in [0.4, 0.5) is 0 Å². The molecule has 2 N–H and O–H groups in total. The van der Waals surface area contributed by atoms with Crippen LogP contribution in [0.2, 0.25) is 0 Å². The van der Waals surface area contributed by atoms with E-state index in [-0.39, 0.29) is 18.2 Å². The zero-order valence-electron chi connectivity index (χ0n) is 7.73. The minimum atomic E-state index is -0.158. The normalized spacial score (nSPS) is 29.7. The van der Waals surface area contributed by atoms with E-state index in [1.807, 2.05) is 6.07 Å². The van der Waals surface area contributed by atoms with Gasteiger partial charge in [-0.2, -0.15) is 0 Å². The molecule has 13 heavy (non-hydrogen) atoms. The molecule has 0 radical (unpaired) electrons. The van der Waals surface area contributed by atoms with Crippen LogP contribution >= 0.6 is 0 Å². The van der Waals surface area contributed by atoms with Crippen LogP contribution in [-0.2, 0) is 0 Å². The van der Waals surface area contributed by atoms with Crippen LogP contribution < -0.4 is 5.32 Å². The first-order valence-corrected chi connectivity index (χ1v) is 4.73. The lowest BCUT2D eigenvalue weighted by Gasteiger charge is -2.35. The smallest absolute Gasteiger partial charge is 0.0950 e. The van der Waals surface area contributed by atoms with Crippen molar-refractivity contribution in [3.05, 3.63) is 24.2 Å². The van der Waals surface area contributed by atoms with Crippen LogP contribution in [0, 0.1) is 0 Å². The summed E-state index contributed by atoms with van der Waals surface area (Å²) >= 11 is 0. The topological polar surface area (TPSA) is 45.4 Å². The van der Waals surface area contributed by atoms with Crippen molar-refractivity contribution < 1.29 is 9.52 Å². The molecule has 0 saturated heterocycles. The lowest BCUT2D eigenvalue weighted by atomic mass is 9.88. The maximum atomic E-state index is 9.37. The van der Waals surface area contributed by atoms with Gasteiger partial charge in [0.2, 0.25) is 0 Å². The van der Waals surface area contributed by atoms with Gasteiger partial charge in [-0.1, -0.05) is 0 Å². The van der Waals surface area contributed by atoms with Crippen LogP contribution in [0.3, 0.4) is 0 Å². The average Bonchev–Trinajstić information content (AvgIpc) is 2.64. The van der Waals surface area contributed by atoms with Gasteiger partial charge >= 0.3 is 0 Å². The van der Waals surface area contributed by atoms with Gasteiger partial charge in [-0.3, -0.25) is 0 Å². The molecule has 0 aliphatic heterocycles. The standard InChI is InChI=1S/C10H15NO2/c1-7(8-4-5-13-6-8)11-9-2-3-10(9)12/h4-7,9-12H,2-3H2,1H3/t7?,9-,10-/m1/s1. The summed E-state index contributed by atoms with van der Waals surface area (Å²) in [4.78, 5) is 0. The van der Waals surface area contributed by atoms with E-state index in [2.05, 4.69) is 12.2 Å². The Labute approximate surface area is 77.8 Å². The molecule has 0 aromatic carbocycles. The van der Waals surface area contributed by atoms with Crippen LogP contribution in [0.15, 0.2) is 23.0 Å². The van der Waals surface area contributed by atoms with Crippen molar-refractivity contribution >= 4 is 0 Å². The molecule has 1 aliphatic carbocycles. The van der Waals surface area contributed by atoms with Crippen molar-refractivity contribution in [1.29, 1.82) is 0 Å². The molecule has 1 unspecified atom stereocenters. The molecule has 1 heterocycles. The molecular formula is C10H15NO2. The van der Waals surface area contributed by atoms with E-state index in [0.29, 0.717) is 0 Å². The van der Waals surface area contributed by atoms with Gasteiger partial charge in [0.25, 0.3) is 0 Å². The fraction of sp³-hybridized carbons (Fsp3) is 0.600. The molecule has 1 fully saturated rings. The number of hydrogen-bond donors (Lipinski definition) is 2. The number of nitrogens with one attached hydrogen (secondary N) is 1. The molecule has 2 rings (SSSR count). The third kappa shape index (κ3) is 1.76. The molecule has 1 aromatic rings. The predicted octanol–water partition coefficient (Wildman–Crippen LogP) is 1.45. The van der Waals surface area contributed by atoms with E-state index in [0.717, 1.165) is 18.4 Å². The van der Waals surface area contributed by atoms with Crippen molar-refractivity contribution in [2.24, 2.45) is 0 Å². The van der Waals surface area contributed by atoms with Gasteiger partial charge in [0.15, 0.2) is 0 Å². The number of aliphatic hydroxyl groups excluding tert-OH is 1. The van der Waals surface area contributed by atoms with Gasteiger partial charge in [0.1, 0.15) is 0 Å². The van der Waals surface area contributed by atoms with Crippen LogP contribution in [-0.4, -0.2) is 17.3 Å². The monoisotopic (exact) mass is 181 g/mol. The Hall–Kier alpha value is -0.800. The molecule has 0 spiro atoms. The Bertz CT molecular complexity index is 258. The van der Waals surface area contributed by atoms with Gasteiger partial charge in [-0.25, -0.2) is 0 Å². The van der Waals surface area contributed by atoms with Crippen LogP contribution in [0.1, 0.15) is 31.4 Å². The summed E-state index contributed by atoms with van der Waals surface area (Å²) in [6.07, 6.45) is 5.25. The zero-order chi connectivity index (χ0) is 9.26. The minimum absolute atomic E-state index is 0.158. The van der Waals surface area contributed by atoms with Crippen LogP contribution in [0.25, 0.3) is 0 Å². The highest BCUT2D eigenvalue weighted by atomic mass is 16.3. The zero-order valence-corrected chi connectivity index (χ0v) is 7.73. The Morgan fingerprint density at radius 3 is 2.92 bits per heavy atom. The van der Waals surface area contributed by atoms with Gasteiger partial charge < -0.3 is 14.8 Å². The Morgan fingerprint density at radius 2 is 2.46 bits per heavy atom. The summed E-state index contributed by atoms with van der Waals surface area (Å²) < 4.78 is 4.99. The van der Waals surface area contributed by atoms with E-state index in [1.54, 1.807) is 12.5 Å². The van der Waals surface area contributed by atoms with E-state index < -0.39 is 0 Å². The van der Waals surface area contributed by atoms with Gasteiger partial charge in [0, 0.05) is 17.6 Å². The largest absolute Gasteiger partial charge is 0.472 e. The lowest BCUT2D eigenvalue weighted by molar-refractivity contribution is 0.0449. The molecular weight excluding hydrogens is 166 g/mol.